The average molecular weight is 273 g/mol. The maximum atomic E-state index is 11.7. The van der Waals surface area contributed by atoms with Gasteiger partial charge in [0.15, 0.2) is 0 Å². The summed E-state index contributed by atoms with van der Waals surface area (Å²) in [7, 11) is 0. The van der Waals surface area contributed by atoms with Crippen LogP contribution in [0.5, 0.6) is 0 Å². The molecule has 0 aliphatic carbocycles. The molecule has 1 heterocycles. The number of aryl methyl sites for hydroxylation is 1. The van der Waals surface area contributed by atoms with Crippen LogP contribution in [0, 0.1) is 6.92 Å². The molecule has 1 amide bonds. The molecule has 0 saturated carbocycles. The van der Waals surface area contributed by atoms with Crippen LogP contribution in [-0.2, 0) is 4.74 Å². The van der Waals surface area contributed by atoms with Gasteiger partial charge in [0.1, 0.15) is 5.60 Å². The Labute approximate surface area is 118 Å². The van der Waals surface area contributed by atoms with Crippen LogP contribution < -0.4 is 5.32 Å². The number of nitrogens with one attached hydrogen (secondary N) is 2. The highest BCUT2D eigenvalue weighted by molar-refractivity contribution is 5.86. The zero-order valence-corrected chi connectivity index (χ0v) is 12.2. The molecule has 0 bridgehead atoms. The smallest absolute Gasteiger partial charge is 0.412 e. The summed E-state index contributed by atoms with van der Waals surface area (Å²) in [5.74, 6) is 0. The van der Waals surface area contributed by atoms with Crippen molar-refractivity contribution in [1.82, 2.24) is 10.2 Å². The van der Waals surface area contributed by atoms with E-state index in [1.165, 1.54) is 0 Å². The third kappa shape index (κ3) is 3.60. The lowest BCUT2D eigenvalue weighted by Gasteiger charge is -2.20. The van der Waals surface area contributed by atoms with Crippen LogP contribution in [-0.4, -0.2) is 21.9 Å². The van der Waals surface area contributed by atoms with E-state index in [1.54, 1.807) is 6.20 Å². The summed E-state index contributed by atoms with van der Waals surface area (Å²) in [5, 5.41) is 9.46. The van der Waals surface area contributed by atoms with Crippen molar-refractivity contribution in [2.24, 2.45) is 0 Å². The zero-order valence-electron chi connectivity index (χ0n) is 12.2. The van der Waals surface area contributed by atoms with Crippen molar-refractivity contribution in [3.05, 3.63) is 36.2 Å². The molecule has 0 spiro atoms. The first-order valence-corrected chi connectivity index (χ1v) is 6.45. The first-order valence-electron chi connectivity index (χ1n) is 6.45. The summed E-state index contributed by atoms with van der Waals surface area (Å²) in [6.07, 6.45) is 3.14. The molecular formula is C15H19N3O2. The fourth-order valence-corrected chi connectivity index (χ4v) is 1.81. The lowest BCUT2D eigenvalue weighted by molar-refractivity contribution is 0.0636. The molecule has 0 aliphatic heterocycles. The summed E-state index contributed by atoms with van der Waals surface area (Å²) < 4.78 is 5.23. The largest absolute Gasteiger partial charge is 0.444 e. The van der Waals surface area contributed by atoms with Gasteiger partial charge in [0.05, 0.1) is 6.20 Å². The highest BCUT2D eigenvalue weighted by Gasteiger charge is 2.16. The number of anilines is 1. The van der Waals surface area contributed by atoms with Crippen molar-refractivity contribution in [1.29, 1.82) is 0 Å². The molecule has 1 aromatic carbocycles. The third-order valence-corrected chi connectivity index (χ3v) is 2.69. The van der Waals surface area contributed by atoms with E-state index >= 15 is 0 Å². The topological polar surface area (TPSA) is 67.0 Å². The quantitative estimate of drug-likeness (QED) is 0.876. The second-order valence-electron chi connectivity index (χ2n) is 5.64. The number of H-pyrrole nitrogens is 1. The minimum atomic E-state index is -0.505. The Kier molecular flexibility index (Phi) is 3.79. The maximum Gasteiger partial charge on any atom is 0.412 e. The fourth-order valence-electron chi connectivity index (χ4n) is 1.81. The van der Waals surface area contributed by atoms with Crippen LogP contribution in [0.25, 0.3) is 11.1 Å². The van der Waals surface area contributed by atoms with Crippen LogP contribution in [0.4, 0.5) is 10.5 Å². The Morgan fingerprint density at radius 1 is 1.30 bits per heavy atom. The molecule has 0 unspecified atom stereocenters. The molecule has 5 heteroatoms. The molecule has 106 valence electrons. The van der Waals surface area contributed by atoms with Crippen molar-refractivity contribution >= 4 is 11.8 Å². The molecule has 5 nitrogen and oxygen atoms in total. The average Bonchev–Trinajstić information content (AvgIpc) is 2.82. The van der Waals surface area contributed by atoms with Crippen molar-refractivity contribution in [3.8, 4) is 11.1 Å². The molecular weight excluding hydrogens is 254 g/mol. The predicted molar refractivity (Wildman–Crippen MR) is 78.6 cm³/mol. The molecule has 20 heavy (non-hydrogen) atoms. The van der Waals surface area contributed by atoms with E-state index in [-0.39, 0.29) is 0 Å². The summed E-state index contributed by atoms with van der Waals surface area (Å²) in [6, 6.07) is 5.80. The molecule has 2 aromatic rings. The number of aromatic amines is 1. The summed E-state index contributed by atoms with van der Waals surface area (Å²) in [4.78, 5) is 11.7. The zero-order chi connectivity index (χ0) is 14.8. The fraction of sp³-hybridized carbons (Fsp3) is 0.333. The van der Waals surface area contributed by atoms with Gasteiger partial charge in [0.2, 0.25) is 0 Å². The molecule has 1 aromatic heterocycles. The molecule has 0 fully saturated rings. The first kappa shape index (κ1) is 14.1. The van der Waals surface area contributed by atoms with Gasteiger partial charge in [0.25, 0.3) is 0 Å². The van der Waals surface area contributed by atoms with E-state index in [9.17, 15) is 4.79 Å². The Morgan fingerprint density at radius 2 is 2.05 bits per heavy atom. The summed E-state index contributed by atoms with van der Waals surface area (Å²) in [6.45, 7) is 7.45. The van der Waals surface area contributed by atoms with E-state index in [1.807, 2.05) is 52.1 Å². The van der Waals surface area contributed by atoms with Gasteiger partial charge in [-0.25, -0.2) is 4.79 Å². The number of nitrogens with zero attached hydrogens (tertiary/aromatic N) is 1. The van der Waals surface area contributed by atoms with Crippen molar-refractivity contribution < 1.29 is 9.53 Å². The molecule has 0 atom stereocenters. The SMILES string of the molecule is Cc1cc(-c2cn[nH]c2)ccc1NC(=O)OC(C)(C)C. The Morgan fingerprint density at radius 3 is 2.60 bits per heavy atom. The molecule has 2 rings (SSSR count). The number of aromatic nitrogens is 2. The number of rotatable bonds is 2. The van der Waals surface area contributed by atoms with Crippen molar-refractivity contribution in [2.75, 3.05) is 5.32 Å². The maximum absolute atomic E-state index is 11.7. The van der Waals surface area contributed by atoms with Crippen molar-refractivity contribution in [3.63, 3.8) is 0 Å². The van der Waals surface area contributed by atoms with Gasteiger partial charge >= 0.3 is 6.09 Å². The van der Waals surface area contributed by atoms with E-state index < -0.39 is 11.7 Å². The van der Waals surface area contributed by atoms with E-state index in [0.29, 0.717) is 0 Å². The van der Waals surface area contributed by atoms with Crippen LogP contribution >= 0.6 is 0 Å². The van der Waals surface area contributed by atoms with Crippen LogP contribution in [0.1, 0.15) is 26.3 Å². The first-order chi connectivity index (χ1) is 9.35. The second kappa shape index (κ2) is 5.36. The molecule has 0 saturated heterocycles. The number of hydrogen-bond donors (Lipinski definition) is 2. The van der Waals surface area contributed by atoms with Gasteiger partial charge in [-0.05, 0) is 51.0 Å². The number of ether oxygens (including phenoxy) is 1. The number of hydrogen-bond acceptors (Lipinski definition) is 3. The van der Waals surface area contributed by atoms with Crippen LogP contribution in [0.2, 0.25) is 0 Å². The van der Waals surface area contributed by atoms with Gasteiger partial charge in [-0.2, -0.15) is 5.10 Å². The van der Waals surface area contributed by atoms with Gasteiger partial charge < -0.3 is 4.74 Å². The number of benzene rings is 1. The van der Waals surface area contributed by atoms with E-state index in [2.05, 4.69) is 15.5 Å². The monoisotopic (exact) mass is 273 g/mol. The van der Waals surface area contributed by atoms with Crippen LogP contribution in [0.3, 0.4) is 0 Å². The van der Waals surface area contributed by atoms with Crippen molar-refractivity contribution in [2.45, 2.75) is 33.3 Å². The molecule has 0 radical (unpaired) electrons. The summed E-state index contributed by atoms with van der Waals surface area (Å²) >= 11 is 0. The minimum absolute atomic E-state index is 0.448. The highest BCUT2D eigenvalue weighted by atomic mass is 16.6. The lowest BCUT2D eigenvalue weighted by Crippen LogP contribution is -2.27. The molecule has 0 aliphatic rings. The van der Waals surface area contributed by atoms with E-state index in [4.69, 9.17) is 4.74 Å². The Bertz CT molecular complexity index is 598. The summed E-state index contributed by atoms with van der Waals surface area (Å²) in [5.41, 5.74) is 3.26. The Hall–Kier alpha value is -2.30. The minimum Gasteiger partial charge on any atom is -0.444 e. The normalized spacial score (nSPS) is 11.2. The third-order valence-electron chi connectivity index (χ3n) is 2.69. The van der Waals surface area contributed by atoms with Gasteiger partial charge in [-0.1, -0.05) is 6.07 Å². The number of carbonyl (C=O) groups is 1. The number of amides is 1. The Balaban J connectivity index is 2.13. The van der Waals surface area contributed by atoms with Gasteiger partial charge in [-0.3, -0.25) is 10.4 Å². The number of carbonyl (C=O) groups excluding carboxylic acids is 1. The predicted octanol–water partition coefficient (Wildman–Crippen LogP) is 3.73. The van der Waals surface area contributed by atoms with Gasteiger partial charge in [0, 0.05) is 17.4 Å². The second-order valence-corrected chi connectivity index (χ2v) is 5.64. The standard InChI is InChI=1S/C15H19N3O2/c1-10-7-11(12-8-16-17-9-12)5-6-13(10)18-14(19)20-15(2,3)4/h5-9H,1-4H3,(H,16,17)(H,18,19). The van der Waals surface area contributed by atoms with E-state index in [0.717, 1.165) is 22.4 Å². The highest BCUT2D eigenvalue weighted by Crippen LogP contribution is 2.24. The van der Waals surface area contributed by atoms with Crippen LogP contribution in [0.15, 0.2) is 30.6 Å². The molecule has 2 N–H and O–H groups in total. The van der Waals surface area contributed by atoms with Gasteiger partial charge in [-0.15, -0.1) is 0 Å². The lowest BCUT2D eigenvalue weighted by atomic mass is 10.1.